The largest absolute Gasteiger partial charge is 0.451 e. The van der Waals surface area contributed by atoms with E-state index in [0.717, 1.165) is 13.4 Å². The van der Waals surface area contributed by atoms with Crippen LogP contribution in [0.3, 0.4) is 0 Å². The summed E-state index contributed by atoms with van der Waals surface area (Å²) >= 11 is 11.6. The van der Waals surface area contributed by atoms with Gasteiger partial charge in [-0.15, -0.1) is 0 Å². The zero-order valence-electron chi connectivity index (χ0n) is 9.99. The highest BCUT2D eigenvalue weighted by molar-refractivity contribution is 14.1. The lowest BCUT2D eigenvalue weighted by atomic mass is 10.1. The third-order valence-electron chi connectivity index (χ3n) is 2.89. The van der Waals surface area contributed by atoms with Crippen LogP contribution in [0.2, 0.25) is 5.02 Å². The molecule has 0 spiro atoms. The highest BCUT2D eigenvalue weighted by Gasteiger charge is 2.18. The number of ketones is 1. The van der Waals surface area contributed by atoms with Gasteiger partial charge in [0, 0.05) is 19.0 Å². The van der Waals surface area contributed by atoms with Crippen LogP contribution in [-0.2, 0) is 0 Å². The van der Waals surface area contributed by atoms with Crippen molar-refractivity contribution >= 4 is 66.9 Å². The van der Waals surface area contributed by atoms with Gasteiger partial charge >= 0.3 is 0 Å². The Morgan fingerprint density at radius 1 is 1.20 bits per heavy atom. The molecule has 0 aliphatic rings. The van der Waals surface area contributed by atoms with Crippen LogP contribution in [0.4, 0.5) is 0 Å². The van der Waals surface area contributed by atoms with Crippen LogP contribution in [-0.4, -0.2) is 5.78 Å². The Morgan fingerprint density at radius 2 is 2.00 bits per heavy atom. The number of para-hydroxylation sites is 1. The van der Waals surface area contributed by atoms with E-state index in [1.807, 2.05) is 30.3 Å². The molecule has 2 aromatic carbocycles. The maximum absolute atomic E-state index is 12.5. The van der Waals surface area contributed by atoms with E-state index in [0.29, 0.717) is 16.2 Å². The molecule has 2 nitrogen and oxygen atoms in total. The van der Waals surface area contributed by atoms with Crippen molar-refractivity contribution < 1.29 is 9.21 Å². The van der Waals surface area contributed by atoms with E-state index in [-0.39, 0.29) is 11.5 Å². The first-order chi connectivity index (χ1) is 9.56. The maximum Gasteiger partial charge on any atom is 0.229 e. The quantitative estimate of drug-likeness (QED) is 0.363. The van der Waals surface area contributed by atoms with Crippen LogP contribution in [0.15, 0.2) is 51.4 Å². The fourth-order valence-electron chi connectivity index (χ4n) is 1.94. The zero-order chi connectivity index (χ0) is 14.3. The SMILES string of the molecule is O=C(c1cc2cccc(Cl)c2o1)c1cc(I)ccc1Br. The van der Waals surface area contributed by atoms with Crippen molar-refractivity contribution in [3.8, 4) is 0 Å². The summed E-state index contributed by atoms with van der Waals surface area (Å²) in [5, 5.41) is 1.32. The number of fused-ring (bicyclic) bond motifs is 1. The number of halogens is 3. The zero-order valence-corrected chi connectivity index (χ0v) is 14.5. The number of carbonyl (C=O) groups excluding carboxylic acids is 1. The predicted molar refractivity (Wildman–Crippen MR) is 91.5 cm³/mol. The average Bonchev–Trinajstić information content (AvgIpc) is 2.86. The van der Waals surface area contributed by atoms with Crippen molar-refractivity contribution in [3.63, 3.8) is 0 Å². The Bertz CT molecular complexity index is 826. The molecule has 0 amide bonds. The fraction of sp³-hybridized carbons (Fsp3) is 0. The van der Waals surface area contributed by atoms with Gasteiger partial charge in [-0.05, 0) is 52.9 Å². The Kier molecular flexibility index (Phi) is 3.88. The summed E-state index contributed by atoms with van der Waals surface area (Å²) in [5.74, 6) is 0.124. The van der Waals surface area contributed by atoms with Crippen molar-refractivity contribution in [2.75, 3.05) is 0 Å². The summed E-state index contributed by atoms with van der Waals surface area (Å²) in [5.41, 5.74) is 1.12. The minimum Gasteiger partial charge on any atom is -0.451 e. The number of hydrogen-bond donors (Lipinski definition) is 0. The van der Waals surface area contributed by atoms with Crippen LogP contribution in [0.25, 0.3) is 11.0 Å². The van der Waals surface area contributed by atoms with Crippen LogP contribution in [0.5, 0.6) is 0 Å². The van der Waals surface area contributed by atoms with Crippen LogP contribution in [0, 0.1) is 3.57 Å². The second-order valence-electron chi connectivity index (χ2n) is 4.22. The molecule has 5 heteroatoms. The van der Waals surface area contributed by atoms with Gasteiger partial charge in [-0.2, -0.15) is 0 Å². The van der Waals surface area contributed by atoms with Gasteiger partial charge in [0.1, 0.15) is 0 Å². The summed E-state index contributed by atoms with van der Waals surface area (Å²) in [6, 6.07) is 12.8. The van der Waals surface area contributed by atoms with Gasteiger partial charge in [-0.25, -0.2) is 0 Å². The van der Waals surface area contributed by atoms with E-state index >= 15 is 0 Å². The van der Waals surface area contributed by atoms with Crippen molar-refractivity contribution in [2.24, 2.45) is 0 Å². The number of rotatable bonds is 2. The third kappa shape index (κ3) is 2.52. The molecule has 0 atom stereocenters. The van der Waals surface area contributed by atoms with Gasteiger partial charge in [-0.3, -0.25) is 4.79 Å². The highest BCUT2D eigenvalue weighted by atomic mass is 127. The lowest BCUT2D eigenvalue weighted by molar-refractivity contribution is 0.101. The molecule has 0 saturated heterocycles. The van der Waals surface area contributed by atoms with Gasteiger partial charge < -0.3 is 4.42 Å². The first-order valence-corrected chi connectivity index (χ1v) is 7.99. The molecular formula is C15H7BrClIO2. The molecule has 0 N–H and O–H groups in total. The van der Waals surface area contributed by atoms with Crippen LogP contribution < -0.4 is 0 Å². The summed E-state index contributed by atoms with van der Waals surface area (Å²) in [7, 11) is 0. The van der Waals surface area contributed by atoms with Gasteiger partial charge in [-0.1, -0.05) is 39.7 Å². The number of hydrogen-bond acceptors (Lipinski definition) is 2. The maximum atomic E-state index is 12.5. The fourth-order valence-corrected chi connectivity index (χ4v) is 3.08. The van der Waals surface area contributed by atoms with Crippen LogP contribution >= 0.6 is 50.1 Å². The second kappa shape index (κ2) is 5.50. The lowest BCUT2D eigenvalue weighted by Crippen LogP contribution is -2.01. The molecule has 1 aromatic heterocycles. The Balaban J connectivity index is 2.13. The molecule has 0 saturated carbocycles. The Labute approximate surface area is 142 Å². The van der Waals surface area contributed by atoms with Crippen LogP contribution in [0.1, 0.15) is 16.1 Å². The molecule has 0 aliphatic carbocycles. The van der Waals surface area contributed by atoms with E-state index < -0.39 is 0 Å². The average molecular weight is 461 g/mol. The molecule has 0 unspecified atom stereocenters. The van der Waals surface area contributed by atoms with Crippen molar-refractivity contribution in [1.29, 1.82) is 0 Å². The van der Waals surface area contributed by atoms with Gasteiger partial charge in [0.05, 0.1) is 5.02 Å². The minimum absolute atomic E-state index is 0.164. The summed E-state index contributed by atoms with van der Waals surface area (Å²) in [6.45, 7) is 0. The summed E-state index contributed by atoms with van der Waals surface area (Å²) < 4.78 is 7.34. The molecular weight excluding hydrogens is 454 g/mol. The smallest absolute Gasteiger partial charge is 0.229 e. The molecule has 1 heterocycles. The molecule has 0 bridgehead atoms. The Morgan fingerprint density at radius 3 is 2.75 bits per heavy atom. The highest BCUT2D eigenvalue weighted by Crippen LogP contribution is 2.29. The summed E-state index contributed by atoms with van der Waals surface area (Å²) in [4.78, 5) is 12.5. The van der Waals surface area contributed by atoms with E-state index in [2.05, 4.69) is 38.5 Å². The van der Waals surface area contributed by atoms with Crippen molar-refractivity contribution in [2.45, 2.75) is 0 Å². The topological polar surface area (TPSA) is 30.2 Å². The van der Waals surface area contributed by atoms with Gasteiger partial charge in [0.15, 0.2) is 11.3 Å². The lowest BCUT2D eigenvalue weighted by Gasteiger charge is -2.02. The molecule has 0 radical (unpaired) electrons. The van der Waals surface area contributed by atoms with Gasteiger partial charge in [0.25, 0.3) is 0 Å². The first kappa shape index (κ1) is 14.1. The molecule has 3 rings (SSSR count). The Hall–Kier alpha value is -0.850. The number of furan rings is 1. The predicted octanol–water partition coefficient (Wildman–Crippen LogP) is 5.68. The standard InChI is InChI=1S/C15H7BrClIO2/c16-11-5-4-9(18)7-10(11)14(19)13-6-8-2-1-3-12(17)15(8)20-13/h1-7H. The third-order valence-corrected chi connectivity index (χ3v) is 4.55. The first-order valence-electron chi connectivity index (χ1n) is 5.74. The molecule has 20 heavy (non-hydrogen) atoms. The molecule has 100 valence electrons. The van der Waals surface area contributed by atoms with E-state index in [1.165, 1.54) is 0 Å². The second-order valence-corrected chi connectivity index (χ2v) is 6.73. The number of carbonyl (C=O) groups is 1. The monoisotopic (exact) mass is 460 g/mol. The molecule has 0 aliphatic heterocycles. The van der Waals surface area contributed by atoms with Crippen molar-refractivity contribution in [1.82, 2.24) is 0 Å². The van der Waals surface area contributed by atoms with E-state index in [1.54, 1.807) is 12.1 Å². The van der Waals surface area contributed by atoms with Crippen molar-refractivity contribution in [3.05, 3.63) is 66.9 Å². The van der Waals surface area contributed by atoms with Gasteiger partial charge in [0.2, 0.25) is 5.78 Å². The molecule has 0 fully saturated rings. The minimum atomic E-state index is -0.164. The molecule has 3 aromatic rings. The van der Waals surface area contributed by atoms with E-state index in [4.69, 9.17) is 16.0 Å². The van der Waals surface area contributed by atoms with E-state index in [9.17, 15) is 4.79 Å². The summed E-state index contributed by atoms with van der Waals surface area (Å²) in [6.07, 6.45) is 0. The number of benzene rings is 2. The normalized spacial score (nSPS) is 10.9.